The number of piperidine rings is 1. The van der Waals surface area contributed by atoms with Gasteiger partial charge in [0.15, 0.2) is 5.79 Å². The number of nitrogens with zero attached hydrogens (tertiary/aromatic N) is 2. The average Bonchev–Trinajstić information content (AvgIpc) is 2.92. The van der Waals surface area contributed by atoms with Crippen LogP contribution in [0.25, 0.3) is 0 Å². The minimum atomic E-state index is -0.444. The van der Waals surface area contributed by atoms with E-state index in [-0.39, 0.29) is 5.75 Å². The summed E-state index contributed by atoms with van der Waals surface area (Å²) in [5, 5.41) is 9.96. The smallest absolute Gasteiger partial charge is 0.169 e. The molecule has 0 bridgehead atoms. The third-order valence-corrected chi connectivity index (χ3v) is 4.57. The number of aromatic hydroxyl groups is 1. The number of likely N-dealkylation sites (tertiary alicyclic amines) is 1. The Morgan fingerprint density at radius 1 is 1.38 bits per heavy atom. The highest BCUT2D eigenvalue weighted by atomic mass is 16.7. The molecule has 1 aromatic heterocycles. The quantitative estimate of drug-likeness (QED) is 0.924. The van der Waals surface area contributed by atoms with Gasteiger partial charge < -0.3 is 14.6 Å². The van der Waals surface area contributed by atoms with Gasteiger partial charge in [-0.2, -0.15) is 0 Å². The van der Waals surface area contributed by atoms with E-state index in [1.54, 1.807) is 6.07 Å². The zero-order chi connectivity index (χ0) is 14.9. The molecule has 3 heterocycles. The number of ether oxygens (including phenoxy) is 2. The van der Waals surface area contributed by atoms with Crippen LogP contribution in [0.1, 0.15) is 31.2 Å². The van der Waals surface area contributed by atoms with E-state index in [1.165, 1.54) is 0 Å². The lowest BCUT2D eigenvalue weighted by Crippen LogP contribution is -2.46. The van der Waals surface area contributed by atoms with Crippen molar-refractivity contribution < 1.29 is 14.6 Å². The second-order valence-corrected chi connectivity index (χ2v) is 6.21. The first kappa shape index (κ1) is 14.8. The Kier molecular flexibility index (Phi) is 4.15. The van der Waals surface area contributed by atoms with Crippen LogP contribution in [0.5, 0.6) is 5.75 Å². The van der Waals surface area contributed by atoms with Crippen molar-refractivity contribution in [2.24, 2.45) is 5.92 Å². The first-order valence-corrected chi connectivity index (χ1v) is 7.72. The van der Waals surface area contributed by atoms with E-state index in [1.807, 2.05) is 13.0 Å². The van der Waals surface area contributed by atoms with Crippen LogP contribution < -0.4 is 0 Å². The molecule has 1 N–H and O–H groups in total. The maximum Gasteiger partial charge on any atom is 0.169 e. The van der Waals surface area contributed by atoms with Crippen molar-refractivity contribution in [1.29, 1.82) is 0 Å². The molecule has 0 saturated carbocycles. The number of hydrogen-bond donors (Lipinski definition) is 1. The molecular weight excluding hydrogens is 268 g/mol. The molecule has 2 saturated heterocycles. The Bertz CT molecular complexity index is 500. The second-order valence-electron chi connectivity index (χ2n) is 6.21. The first-order valence-electron chi connectivity index (χ1n) is 7.72. The molecule has 2 aliphatic heterocycles. The van der Waals surface area contributed by atoms with Crippen molar-refractivity contribution in [2.75, 3.05) is 26.3 Å². The highest BCUT2D eigenvalue weighted by molar-refractivity contribution is 5.27. The van der Waals surface area contributed by atoms with Crippen molar-refractivity contribution in [3.8, 4) is 5.75 Å². The maximum atomic E-state index is 9.96. The van der Waals surface area contributed by atoms with Crippen molar-refractivity contribution in [1.82, 2.24) is 9.88 Å². The Balaban J connectivity index is 1.67. The summed E-state index contributed by atoms with van der Waals surface area (Å²) in [5.74, 6) is 0.212. The molecule has 2 fully saturated rings. The van der Waals surface area contributed by atoms with Gasteiger partial charge in [-0.15, -0.1) is 0 Å². The minimum Gasteiger partial charge on any atom is -0.506 e. The lowest BCUT2D eigenvalue weighted by molar-refractivity contribution is -0.192. The van der Waals surface area contributed by atoms with E-state index >= 15 is 0 Å². The lowest BCUT2D eigenvalue weighted by atomic mass is 9.90. The minimum absolute atomic E-state index is 0.280. The largest absolute Gasteiger partial charge is 0.506 e. The van der Waals surface area contributed by atoms with Gasteiger partial charge in [0.05, 0.1) is 18.9 Å². The van der Waals surface area contributed by atoms with Gasteiger partial charge in [-0.1, -0.05) is 0 Å². The fourth-order valence-electron chi connectivity index (χ4n) is 3.32. The number of pyridine rings is 1. The fraction of sp³-hybridized carbons (Fsp3) is 0.688. The highest BCUT2D eigenvalue weighted by Crippen LogP contribution is 2.34. The van der Waals surface area contributed by atoms with E-state index in [0.717, 1.165) is 37.3 Å². The molecule has 3 rings (SSSR count). The van der Waals surface area contributed by atoms with Crippen LogP contribution >= 0.6 is 0 Å². The number of aryl methyl sites for hydroxylation is 1. The number of hydrogen-bond acceptors (Lipinski definition) is 5. The number of aromatic nitrogens is 1. The summed E-state index contributed by atoms with van der Waals surface area (Å²) < 4.78 is 11.6. The molecule has 5 heteroatoms. The summed E-state index contributed by atoms with van der Waals surface area (Å²) in [6.07, 6.45) is 2.25. The van der Waals surface area contributed by atoms with Gasteiger partial charge in [-0.25, -0.2) is 0 Å². The summed E-state index contributed by atoms with van der Waals surface area (Å²) in [6.45, 7) is 8.01. The Hall–Kier alpha value is -1.17. The predicted octanol–water partition coefficient (Wildman–Crippen LogP) is 2.07. The van der Waals surface area contributed by atoms with E-state index in [9.17, 15) is 5.11 Å². The number of rotatable bonds is 3. The van der Waals surface area contributed by atoms with Crippen LogP contribution in [0.2, 0.25) is 0 Å². The molecule has 0 amide bonds. The second kappa shape index (κ2) is 5.91. The van der Waals surface area contributed by atoms with Crippen LogP contribution in [0.15, 0.2) is 12.1 Å². The third-order valence-electron chi connectivity index (χ3n) is 4.57. The first-order chi connectivity index (χ1) is 10.1. The summed E-state index contributed by atoms with van der Waals surface area (Å²) in [7, 11) is 0. The molecule has 21 heavy (non-hydrogen) atoms. The Labute approximate surface area is 125 Å². The molecule has 1 atom stereocenters. The van der Waals surface area contributed by atoms with Crippen molar-refractivity contribution in [3.63, 3.8) is 0 Å². The lowest BCUT2D eigenvalue weighted by Gasteiger charge is -2.39. The molecule has 0 aromatic carbocycles. The van der Waals surface area contributed by atoms with Gasteiger partial charge in [0.2, 0.25) is 0 Å². The van der Waals surface area contributed by atoms with Gasteiger partial charge in [-0.3, -0.25) is 9.88 Å². The molecule has 5 nitrogen and oxygen atoms in total. The summed E-state index contributed by atoms with van der Waals surface area (Å²) in [4.78, 5) is 6.79. The molecular formula is C16H24N2O3. The van der Waals surface area contributed by atoms with E-state index in [2.05, 4.69) is 16.8 Å². The van der Waals surface area contributed by atoms with Crippen LogP contribution in [0.3, 0.4) is 0 Å². The highest BCUT2D eigenvalue weighted by Gasteiger charge is 2.41. The van der Waals surface area contributed by atoms with Crippen molar-refractivity contribution in [3.05, 3.63) is 23.5 Å². The Morgan fingerprint density at radius 3 is 2.90 bits per heavy atom. The van der Waals surface area contributed by atoms with Gasteiger partial charge in [0.1, 0.15) is 5.75 Å². The third kappa shape index (κ3) is 3.20. The summed E-state index contributed by atoms with van der Waals surface area (Å²) in [5.41, 5.74) is 1.69. The van der Waals surface area contributed by atoms with Crippen LogP contribution in [0, 0.1) is 12.8 Å². The van der Waals surface area contributed by atoms with E-state index < -0.39 is 5.79 Å². The zero-order valence-corrected chi connectivity index (χ0v) is 12.8. The van der Waals surface area contributed by atoms with E-state index in [4.69, 9.17) is 9.47 Å². The molecule has 116 valence electrons. The zero-order valence-electron chi connectivity index (χ0n) is 12.8. The molecule has 1 aromatic rings. The van der Waals surface area contributed by atoms with Gasteiger partial charge in [0, 0.05) is 24.7 Å². The van der Waals surface area contributed by atoms with Crippen LogP contribution in [0.4, 0.5) is 0 Å². The van der Waals surface area contributed by atoms with Gasteiger partial charge in [-0.05, 0) is 45.4 Å². The Morgan fingerprint density at radius 2 is 2.14 bits per heavy atom. The van der Waals surface area contributed by atoms with Crippen LogP contribution in [-0.4, -0.2) is 47.1 Å². The van der Waals surface area contributed by atoms with Gasteiger partial charge in [0.25, 0.3) is 0 Å². The monoisotopic (exact) mass is 292 g/mol. The SMILES string of the molecule is Cc1ccc(O)c(CN2CCCC(C3(C)OCCO3)C2)n1. The molecule has 0 spiro atoms. The van der Waals surface area contributed by atoms with Gasteiger partial charge >= 0.3 is 0 Å². The molecule has 0 radical (unpaired) electrons. The van der Waals surface area contributed by atoms with E-state index in [0.29, 0.717) is 25.7 Å². The summed E-state index contributed by atoms with van der Waals surface area (Å²) >= 11 is 0. The normalized spacial score (nSPS) is 26.1. The predicted molar refractivity (Wildman–Crippen MR) is 78.9 cm³/mol. The molecule has 1 unspecified atom stereocenters. The molecule has 0 aliphatic carbocycles. The molecule has 2 aliphatic rings. The van der Waals surface area contributed by atoms with Crippen LogP contribution in [-0.2, 0) is 16.0 Å². The maximum absolute atomic E-state index is 9.96. The summed E-state index contributed by atoms with van der Waals surface area (Å²) in [6, 6.07) is 3.56. The van der Waals surface area contributed by atoms with Crippen molar-refractivity contribution >= 4 is 0 Å². The average molecular weight is 292 g/mol. The standard InChI is InChI=1S/C16H24N2O3/c1-12-5-6-15(19)14(17-12)11-18-7-3-4-13(10-18)16(2)20-8-9-21-16/h5-6,13,19H,3-4,7-11H2,1-2H3. The topological polar surface area (TPSA) is 54.8 Å². The fourth-order valence-corrected chi connectivity index (χ4v) is 3.32. The van der Waals surface area contributed by atoms with Crippen molar-refractivity contribution in [2.45, 2.75) is 39.0 Å².